The summed E-state index contributed by atoms with van der Waals surface area (Å²) in [7, 11) is 0. The van der Waals surface area contributed by atoms with Crippen LogP contribution in [0.5, 0.6) is 0 Å². The van der Waals surface area contributed by atoms with Crippen LogP contribution in [0.4, 0.5) is 5.69 Å². The number of carbonyl (C=O) groups excluding carboxylic acids is 1. The van der Waals surface area contributed by atoms with Gasteiger partial charge in [0.2, 0.25) is 5.91 Å². The van der Waals surface area contributed by atoms with Crippen LogP contribution < -0.4 is 10.2 Å². The zero-order valence-corrected chi connectivity index (χ0v) is 11.4. The lowest BCUT2D eigenvalue weighted by Gasteiger charge is -2.23. The summed E-state index contributed by atoms with van der Waals surface area (Å²) in [6.07, 6.45) is 5.45. The summed E-state index contributed by atoms with van der Waals surface area (Å²) >= 11 is 0. The number of benzene rings is 1. The minimum Gasteiger partial charge on any atom is -0.317 e. The van der Waals surface area contributed by atoms with Crippen LogP contribution in [0.2, 0.25) is 0 Å². The minimum absolute atomic E-state index is 0.270. The molecule has 2 heterocycles. The van der Waals surface area contributed by atoms with E-state index in [2.05, 4.69) is 29.6 Å². The first-order valence-corrected chi connectivity index (χ1v) is 7.43. The molecule has 2 saturated heterocycles. The number of amides is 1. The highest BCUT2D eigenvalue weighted by Crippen LogP contribution is 2.23. The Labute approximate surface area is 115 Å². The first-order valence-electron chi connectivity index (χ1n) is 7.43. The maximum atomic E-state index is 11.7. The van der Waals surface area contributed by atoms with Gasteiger partial charge in [-0.15, -0.1) is 0 Å². The van der Waals surface area contributed by atoms with E-state index in [1.807, 2.05) is 4.90 Å². The van der Waals surface area contributed by atoms with Crippen molar-refractivity contribution in [1.29, 1.82) is 0 Å². The smallest absolute Gasteiger partial charge is 0.227 e. The highest BCUT2D eigenvalue weighted by molar-refractivity contribution is 5.95. The topological polar surface area (TPSA) is 32.3 Å². The monoisotopic (exact) mass is 258 g/mol. The molecule has 0 aromatic heterocycles. The number of hydrogen-bond acceptors (Lipinski definition) is 2. The molecule has 102 valence electrons. The van der Waals surface area contributed by atoms with Gasteiger partial charge in [0.25, 0.3) is 0 Å². The summed E-state index contributed by atoms with van der Waals surface area (Å²) in [6, 6.07) is 8.62. The molecular weight excluding hydrogens is 236 g/mol. The van der Waals surface area contributed by atoms with Crippen LogP contribution in [-0.2, 0) is 11.2 Å². The molecule has 2 aliphatic heterocycles. The van der Waals surface area contributed by atoms with Gasteiger partial charge in [0.15, 0.2) is 0 Å². The Morgan fingerprint density at radius 3 is 2.53 bits per heavy atom. The van der Waals surface area contributed by atoms with E-state index in [1.54, 1.807) is 0 Å². The fourth-order valence-electron chi connectivity index (χ4n) is 3.15. The standard InChI is InChI=1S/C16H22N2O/c19-16-2-1-11-18(16)15-5-3-13(4-6-15)12-14-7-9-17-10-8-14/h3-6,14,17H,1-2,7-12H2. The molecule has 0 unspecified atom stereocenters. The largest absolute Gasteiger partial charge is 0.317 e. The van der Waals surface area contributed by atoms with E-state index in [1.165, 1.54) is 24.8 Å². The Hall–Kier alpha value is -1.35. The number of carbonyl (C=O) groups is 1. The molecule has 0 spiro atoms. The van der Waals surface area contributed by atoms with Gasteiger partial charge < -0.3 is 10.2 Å². The van der Waals surface area contributed by atoms with Crippen LogP contribution in [0, 0.1) is 5.92 Å². The van der Waals surface area contributed by atoms with Crippen LogP contribution in [0.1, 0.15) is 31.2 Å². The Morgan fingerprint density at radius 2 is 1.89 bits per heavy atom. The van der Waals surface area contributed by atoms with Crippen molar-refractivity contribution in [3.05, 3.63) is 29.8 Å². The Kier molecular flexibility index (Phi) is 3.83. The molecule has 1 aromatic carbocycles. The summed E-state index contributed by atoms with van der Waals surface area (Å²) in [5, 5.41) is 3.41. The number of anilines is 1. The molecule has 1 amide bonds. The maximum absolute atomic E-state index is 11.7. The highest BCUT2D eigenvalue weighted by Gasteiger charge is 2.21. The normalized spacial score (nSPS) is 21.1. The Balaban J connectivity index is 1.63. The first-order chi connectivity index (χ1) is 9.33. The molecule has 3 rings (SSSR count). The van der Waals surface area contributed by atoms with Gasteiger partial charge in [-0.05, 0) is 62.4 Å². The van der Waals surface area contributed by atoms with Crippen LogP contribution in [0.25, 0.3) is 0 Å². The SMILES string of the molecule is O=C1CCCN1c1ccc(CC2CCNCC2)cc1. The lowest BCUT2D eigenvalue weighted by atomic mass is 9.91. The third-order valence-electron chi connectivity index (χ3n) is 4.30. The van der Waals surface area contributed by atoms with Crippen molar-refractivity contribution in [2.24, 2.45) is 5.92 Å². The van der Waals surface area contributed by atoms with Crippen LogP contribution in [0.3, 0.4) is 0 Å². The van der Waals surface area contributed by atoms with Gasteiger partial charge in [0.05, 0.1) is 0 Å². The van der Waals surface area contributed by atoms with Gasteiger partial charge in [-0.25, -0.2) is 0 Å². The van der Waals surface area contributed by atoms with Gasteiger partial charge in [-0.3, -0.25) is 4.79 Å². The lowest BCUT2D eigenvalue weighted by Crippen LogP contribution is -2.28. The maximum Gasteiger partial charge on any atom is 0.227 e. The molecular formula is C16H22N2O. The molecule has 0 bridgehead atoms. The summed E-state index contributed by atoms with van der Waals surface area (Å²) < 4.78 is 0. The van der Waals surface area contributed by atoms with Crippen molar-refractivity contribution in [1.82, 2.24) is 5.32 Å². The third kappa shape index (κ3) is 2.98. The Bertz CT molecular complexity index is 435. The predicted octanol–water partition coefficient (Wildman–Crippen LogP) is 2.36. The van der Waals surface area contributed by atoms with Crippen molar-refractivity contribution >= 4 is 11.6 Å². The molecule has 1 aromatic rings. The van der Waals surface area contributed by atoms with Gasteiger partial charge in [-0.1, -0.05) is 12.1 Å². The van der Waals surface area contributed by atoms with E-state index in [0.29, 0.717) is 6.42 Å². The van der Waals surface area contributed by atoms with E-state index in [9.17, 15) is 4.79 Å². The average Bonchev–Trinajstić information content (AvgIpc) is 2.87. The average molecular weight is 258 g/mol. The van der Waals surface area contributed by atoms with Gasteiger partial charge >= 0.3 is 0 Å². The fraction of sp³-hybridized carbons (Fsp3) is 0.562. The quantitative estimate of drug-likeness (QED) is 0.902. The second-order valence-electron chi connectivity index (χ2n) is 5.71. The van der Waals surface area contributed by atoms with E-state index >= 15 is 0 Å². The van der Waals surface area contributed by atoms with Crippen molar-refractivity contribution in [2.75, 3.05) is 24.5 Å². The fourth-order valence-corrected chi connectivity index (χ4v) is 3.15. The third-order valence-corrected chi connectivity index (χ3v) is 4.30. The van der Waals surface area contributed by atoms with Crippen LogP contribution in [-0.4, -0.2) is 25.5 Å². The van der Waals surface area contributed by atoms with E-state index in [-0.39, 0.29) is 5.91 Å². The van der Waals surface area contributed by atoms with E-state index in [4.69, 9.17) is 0 Å². The van der Waals surface area contributed by atoms with Crippen molar-refractivity contribution in [2.45, 2.75) is 32.1 Å². The summed E-state index contributed by atoms with van der Waals surface area (Å²) in [5.74, 6) is 1.09. The zero-order valence-electron chi connectivity index (χ0n) is 11.4. The van der Waals surface area contributed by atoms with E-state index < -0.39 is 0 Å². The molecule has 0 saturated carbocycles. The van der Waals surface area contributed by atoms with Crippen molar-refractivity contribution in [3.8, 4) is 0 Å². The molecule has 0 radical (unpaired) electrons. The number of hydrogen-bond donors (Lipinski definition) is 1. The highest BCUT2D eigenvalue weighted by atomic mass is 16.2. The van der Waals surface area contributed by atoms with Crippen molar-refractivity contribution in [3.63, 3.8) is 0 Å². The molecule has 19 heavy (non-hydrogen) atoms. The number of nitrogens with one attached hydrogen (secondary N) is 1. The zero-order chi connectivity index (χ0) is 13.1. The van der Waals surface area contributed by atoms with Crippen molar-refractivity contribution < 1.29 is 4.79 Å². The molecule has 3 nitrogen and oxygen atoms in total. The molecule has 0 aliphatic carbocycles. The minimum atomic E-state index is 0.270. The number of piperidine rings is 1. The van der Waals surface area contributed by atoms with Crippen LogP contribution >= 0.6 is 0 Å². The number of nitrogens with zero attached hydrogens (tertiary/aromatic N) is 1. The molecule has 3 heteroatoms. The summed E-state index contributed by atoms with van der Waals surface area (Å²) in [5.41, 5.74) is 2.47. The summed E-state index contributed by atoms with van der Waals surface area (Å²) in [4.78, 5) is 13.6. The second kappa shape index (κ2) is 5.74. The Morgan fingerprint density at radius 1 is 1.16 bits per heavy atom. The van der Waals surface area contributed by atoms with Gasteiger partial charge in [-0.2, -0.15) is 0 Å². The first kappa shape index (κ1) is 12.7. The summed E-state index contributed by atoms with van der Waals surface area (Å²) in [6.45, 7) is 3.20. The second-order valence-corrected chi connectivity index (χ2v) is 5.71. The lowest BCUT2D eigenvalue weighted by molar-refractivity contribution is -0.117. The van der Waals surface area contributed by atoms with Gasteiger partial charge in [0, 0.05) is 18.7 Å². The van der Waals surface area contributed by atoms with Crippen LogP contribution in [0.15, 0.2) is 24.3 Å². The predicted molar refractivity (Wildman–Crippen MR) is 77.3 cm³/mol. The molecule has 0 atom stereocenters. The van der Waals surface area contributed by atoms with E-state index in [0.717, 1.165) is 37.7 Å². The molecule has 1 N–H and O–H groups in total. The number of rotatable bonds is 3. The molecule has 2 aliphatic rings. The van der Waals surface area contributed by atoms with Gasteiger partial charge in [0.1, 0.15) is 0 Å². The molecule has 2 fully saturated rings.